The van der Waals surface area contributed by atoms with E-state index in [1.165, 1.54) is 0 Å². The topological polar surface area (TPSA) is 58.2 Å². The minimum Gasteiger partial charge on any atom is -0.328 e. The Labute approximate surface area is 136 Å². The van der Waals surface area contributed by atoms with Crippen molar-refractivity contribution in [3.8, 4) is 0 Å². The van der Waals surface area contributed by atoms with Crippen molar-refractivity contribution >= 4 is 17.5 Å². The van der Waals surface area contributed by atoms with Gasteiger partial charge >= 0.3 is 6.03 Å². The fourth-order valence-electron chi connectivity index (χ4n) is 2.32. The molecule has 1 atom stereocenters. The van der Waals surface area contributed by atoms with Gasteiger partial charge < -0.3 is 10.6 Å². The molecule has 4 nitrogen and oxygen atoms in total. The van der Waals surface area contributed by atoms with Crippen LogP contribution >= 0.6 is 0 Å². The van der Waals surface area contributed by atoms with Gasteiger partial charge in [0.25, 0.3) is 0 Å². The highest BCUT2D eigenvalue weighted by molar-refractivity contribution is 5.95. The lowest BCUT2D eigenvalue weighted by atomic mass is 9.96. The van der Waals surface area contributed by atoms with Crippen LogP contribution in [0.15, 0.2) is 60.7 Å². The van der Waals surface area contributed by atoms with Gasteiger partial charge in [-0.25, -0.2) is 4.79 Å². The van der Waals surface area contributed by atoms with Crippen molar-refractivity contribution in [1.82, 2.24) is 5.32 Å². The highest BCUT2D eigenvalue weighted by atomic mass is 16.2. The van der Waals surface area contributed by atoms with Crippen molar-refractivity contribution < 1.29 is 9.59 Å². The Morgan fingerprint density at radius 1 is 0.913 bits per heavy atom. The maximum atomic E-state index is 12.4. The van der Waals surface area contributed by atoms with Crippen LogP contribution in [0.4, 0.5) is 10.5 Å². The molecule has 2 amide bonds. The Balaban J connectivity index is 2.05. The van der Waals surface area contributed by atoms with E-state index in [0.717, 1.165) is 5.56 Å². The van der Waals surface area contributed by atoms with Crippen molar-refractivity contribution in [1.29, 1.82) is 0 Å². The first kappa shape index (κ1) is 16.7. The molecule has 0 heterocycles. The van der Waals surface area contributed by atoms with E-state index < -0.39 is 6.04 Å². The third kappa shape index (κ3) is 5.25. The molecule has 0 aliphatic carbocycles. The molecule has 0 aliphatic rings. The second-order valence-corrected chi connectivity index (χ2v) is 5.76. The molecule has 2 N–H and O–H groups in total. The van der Waals surface area contributed by atoms with Crippen molar-refractivity contribution in [2.75, 3.05) is 5.32 Å². The smallest absolute Gasteiger partial charge is 0.319 e. The Kier molecular flexibility index (Phi) is 5.92. The molecule has 4 heteroatoms. The summed E-state index contributed by atoms with van der Waals surface area (Å²) in [6, 6.07) is 18.0. The van der Waals surface area contributed by atoms with Gasteiger partial charge in [0, 0.05) is 11.6 Å². The quantitative estimate of drug-likeness (QED) is 0.855. The van der Waals surface area contributed by atoms with Crippen molar-refractivity contribution in [3.05, 3.63) is 66.2 Å². The van der Waals surface area contributed by atoms with Gasteiger partial charge in [-0.2, -0.15) is 0 Å². The lowest BCUT2D eigenvalue weighted by molar-refractivity contribution is -0.123. The summed E-state index contributed by atoms with van der Waals surface area (Å²) >= 11 is 0. The van der Waals surface area contributed by atoms with Crippen LogP contribution in [-0.4, -0.2) is 17.9 Å². The standard InChI is InChI=1S/C19H22N2O2/c1-14(2)18(22)17(13-15-9-5-3-6-10-15)21-19(23)20-16-11-7-4-8-12-16/h3-12,14,17H,13H2,1-2H3,(H2,20,21,23)/t17-/m0/s1. The first-order chi connectivity index (χ1) is 11.1. The summed E-state index contributed by atoms with van der Waals surface area (Å²) in [6.07, 6.45) is 0.486. The van der Waals surface area contributed by atoms with E-state index in [0.29, 0.717) is 12.1 Å². The lowest BCUT2D eigenvalue weighted by Crippen LogP contribution is -2.46. The van der Waals surface area contributed by atoms with E-state index in [9.17, 15) is 9.59 Å². The number of carbonyl (C=O) groups is 2. The van der Waals surface area contributed by atoms with E-state index >= 15 is 0 Å². The zero-order valence-corrected chi connectivity index (χ0v) is 13.5. The van der Waals surface area contributed by atoms with E-state index in [2.05, 4.69) is 10.6 Å². The number of benzene rings is 2. The number of amides is 2. The number of hydrogen-bond donors (Lipinski definition) is 2. The fraction of sp³-hybridized carbons (Fsp3) is 0.263. The number of urea groups is 1. The molecule has 0 aromatic heterocycles. The zero-order chi connectivity index (χ0) is 16.7. The number of nitrogens with one attached hydrogen (secondary N) is 2. The summed E-state index contributed by atoms with van der Waals surface area (Å²) in [6.45, 7) is 3.69. The van der Waals surface area contributed by atoms with E-state index in [1.54, 1.807) is 12.1 Å². The number of Topliss-reactive ketones (excluding diaryl/α,β-unsaturated/α-hetero) is 1. The average Bonchev–Trinajstić information content (AvgIpc) is 2.55. The highest BCUT2D eigenvalue weighted by Gasteiger charge is 2.23. The summed E-state index contributed by atoms with van der Waals surface area (Å²) < 4.78 is 0. The summed E-state index contributed by atoms with van der Waals surface area (Å²) in [5.74, 6) is -0.113. The van der Waals surface area contributed by atoms with Gasteiger partial charge in [-0.15, -0.1) is 0 Å². The van der Waals surface area contributed by atoms with Gasteiger partial charge in [0.15, 0.2) is 5.78 Å². The second-order valence-electron chi connectivity index (χ2n) is 5.76. The van der Waals surface area contributed by atoms with E-state index in [-0.39, 0.29) is 17.7 Å². The van der Waals surface area contributed by atoms with E-state index in [4.69, 9.17) is 0 Å². The number of hydrogen-bond acceptors (Lipinski definition) is 2. The Bertz CT molecular complexity index is 639. The summed E-state index contributed by atoms with van der Waals surface area (Å²) in [4.78, 5) is 24.6. The molecule has 2 aromatic carbocycles. The molecule has 2 aromatic rings. The van der Waals surface area contributed by atoms with Crippen LogP contribution in [0.25, 0.3) is 0 Å². The maximum absolute atomic E-state index is 12.4. The molecule has 120 valence electrons. The molecule has 0 saturated heterocycles. The lowest BCUT2D eigenvalue weighted by Gasteiger charge is -2.20. The van der Waals surface area contributed by atoms with Gasteiger partial charge in [0.1, 0.15) is 0 Å². The van der Waals surface area contributed by atoms with Crippen LogP contribution in [0.5, 0.6) is 0 Å². The Hall–Kier alpha value is -2.62. The maximum Gasteiger partial charge on any atom is 0.319 e. The van der Waals surface area contributed by atoms with Crippen molar-refractivity contribution in [2.24, 2.45) is 5.92 Å². The fourth-order valence-corrected chi connectivity index (χ4v) is 2.32. The van der Waals surface area contributed by atoms with Gasteiger partial charge in [-0.05, 0) is 24.1 Å². The molecular weight excluding hydrogens is 288 g/mol. The zero-order valence-electron chi connectivity index (χ0n) is 13.5. The first-order valence-corrected chi connectivity index (χ1v) is 7.76. The third-order valence-electron chi connectivity index (χ3n) is 3.53. The minimum atomic E-state index is -0.541. The summed E-state index contributed by atoms with van der Waals surface area (Å²) in [5, 5.41) is 5.55. The van der Waals surface area contributed by atoms with Gasteiger partial charge in [-0.3, -0.25) is 4.79 Å². The summed E-state index contributed by atoms with van der Waals surface area (Å²) in [7, 11) is 0. The average molecular weight is 310 g/mol. The van der Waals surface area contributed by atoms with Gasteiger partial charge in [0.2, 0.25) is 0 Å². The Morgan fingerprint density at radius 2 is 1.48 bits per heavy atom. The molecule has 0 radical (unpaired) electrons. The molecule has 0 aliphatic heterocycles. The molecule has 0 saturated carbocycles. The van der Waals surface area contributed by atoms with Crippen molar-refractivity contribution in [3.63, 3.8) is 0 Å². The number of carbonyl (C=O) groups excluding carboxylic acids is 2. The van der Waals surface area contributed by atoms with Crippen LogP contribution in [-0.2, 0) is 11.2 Å². The van der Waals surface area contributed by atoms with Crippen LogP contribution < -0.4 is 10.6 Å². The van der Waals surface area contributed by atoms with Crippen LogP contribution in [0.1, 0.15) is 19.4 Å². The Morgan fingerprint density at radius 3 is 2.04 bits per heavy atom. The van der Waals surface area contributed by atoms with Gasteiger partial charge in [0.05, 0.1) is 6.04 Å². The molecule has 2 rings (SSSR count). The van der Waals surface area contributed by atoms with E-state index in [1.807, 2.05) is 62.4 Å². The highest BCUT2D eigenvalue weighted by Crippen LogP contribution is 2.10. The second kappa shape index (κ2) is 8.13. The predicted molar refractivity (Wildman–Crippen MR) is 92.4 cm³/mol. The van der Waals surface area contributed by atoms with Gasteiger partial charge in [-0.1, -0.05) is 62.4 Å². The third-order valence-corrected chi connectivity index (χ3v) is 3.53. The monoisotopic (exact) mass is 310 g/mol. The normalized spacial score (nSPS) is 11.8. The van der Waals surface area contributed by atoms with Crippen LogP contribution in [0.3, 0.4) is 0 Å². The largest absolute Gasteiger partial charge is 0.328 e. The molecule has 23 heavy (non-hydrogen) atoms. The molecule has 0 spiro atoms. The molecular formula is C19H22N2O2. The predicted octanol–water partition coefficient (Wildman–Crippen LogP) is 3.64. The van der Waals surface area contributed by atoms with Crippen LogP contribution in [0, 0.1) is 5.92 Å². The molecule has 0 fully saturated rings. The number of anilines is 1. The first-order valence-electron chi connectivity index (χ1n) is 7.76. The number of para-hydroxylation sites is 1. The summed E-state index contributed by atoms with van der Waals surface area (Å²) in [5.41, 5.74) is 1.71. The molecule has 0 bridgehead atoms. The number of ketones is 1. The van der Waals surface area contributed by atoms with Crippen LogP contribution in [0.2, 0.25) is 0 Å². The minimum absolute atomic E-state index is 0.0251. The molecule has 0 unspecified atom stereocenters. The SMILES string of the molecule is CC(C)C(=O)[C@H](Cc1ccccc1)NC(=O)Nc1ccccc1. The van der Waals surface area contributed by atoms with Crippen molar-refractivity contribution in [2.45, 2.75) is 26.3 Å². The number of rotatable bonds is 6.